The summed E-state index contributed by atoms with van der Waals surface area (Å²) in [4.78, 5) is 12.1. The van der Waals surface area contributed by atoms with Gasteiger partial charge < -0.3 is 11.1 Å². The standard InChI is InChI=1S/C20H22N2O/c21-20(23)19-18(16-10-4-2-7-14(16)12-22-19)17-11-5-8-13-6-1-3-9-15(13)17/h1-4,6-7,9-10,17-19,22H,5,8,11-12H2,(H2,21,23). The molecule has 4 rings (SSSR count). The van der Waals surface area contributed by atoms with Crippen LogP contribution in [0.1, 0.15) is 46.9 Å². The van der Waals surface area contributed by atoms with Crippen LogP contribution in [-0.2, 0) is 17.8 Å². The summed E-state index contributed by atoms with van der Waals surface area (Å²) >= 11 is 0. The van der Waals surface area contributed by atoms with E-state index in [0.29, 0.717) is 12.5 Å². The van der Waals surface area contributed by atoms with E-state index >= 15 is 0 Å². The minimum absolute atomic E-state index is 0.124. The largest absolute Gasteiger partial charge is 0.368 e. The molecule has 23 heavy (non-hydrogen) atoms. The van der Waals surface area contributed by atoms with Crippen LogP contribution < -0.4 is 11.1 Å². The van der Waals surface area contributed by atoms with E-state index in [1.807, 2.05) is 0 Å². The second-order valence-electron chi connectivity index (χ2n) is 6.68. The van der Waals surface area contributed by atoms with Gasteiger partial charge in [0.25, 0.3) is 0 Å². The number of hydrogen-bond acceptors (Lipinski definition) is 2. The number of benzene rings is 2. The SMILES string of the molecule is NC(=O)C1NCc2ccccc2C1C1CCCc2ccccc21. The van der Waals surface area contributed by atoms with E-state index in [0.717, 1.165) is 12.8 Å². The summed E-state index contributed by atoms with van der Waals surface area (Å²) in [5.41, 5.74) is 11.1. The molecule has 2 aliphatic rings. The van der Waals surface area contributed by atoms with Crippen molar-refractivity contribution in [3.8, 4) is 0 Å². The first-order valence-corrected chi connectivity index (χ1v) is 8.44. The van der Waals surface area contributed by atoms with Crippen LogP contribution in [0, 0.1) is 0 Å². The number of nitrogens with one attached hydrogen (secondary N) is 1. The summed E-state index contributed by atoms with van der Waals surface area (Å²) in [6, 6.07) is 16.9. The van der Waals surface area contributed by atoms with Crippen LogP contribution >= 0.6 is 0 Å². The lowest BCUT2D eigenvalue weighted by Gasteiger charge is -2.40. The Morgan fingerprint density at radius 1 is 1.00 bits per heavy atom. The number of aryl methyl sites for hydroxylation is 1. The minimum Gasteiger partial charge on any atom is -0.368 e. The maximum absolute atomic E-state index is 12.1. The molecular formula is C20H22N2O. The number of carbonyl (C=O) groups is 1. The summed E-state index contributed by atoms with van der Waals surface area (Å²) < 4.78 is 0. The number of rotatable bonds is 2. The van der Waals surface area contributed by atoms with Crippen molar-refractivity contribution in [3.63, 3.8) is 0 Å². The average Bonchev–Trinajstić information content (AvgIpc) is 2.60. The minimum atomic E-state index is -0.291. The van der Waals surface area contributed by atoms with E-state index in [4.69, 9.17) is 5.73 Å². The number of nitrogens with two attached hydrogens (primary N) is 1. The van der Waals surface area contributed by atoms with Gasteiger partial charge in [-0.15, -0.1) is 0 Å². The maximum Gasteiger partial charge on any atom is 0.235 e. The van der Waals surface area contributed by atoms with Gasteiger partial charge in [0.1, 0.15) is 0 Å². The first kappa shape index (κ1) is 14.5. The highest BCUT2D eigenvalue weighted by Crippen LogP contribution is 2.45. The average molecular weight is 306 g/mol. The molecule has 3 atom stereocenters. The lowest BCUT2D eigenvalue weighted by molar-refractivity contribution is -0.121. The van der Waals surface area contributed by atoms with Gasteiger partial charge in [-0.1, -0.05) is 48.5 Å². The Balaban J connectivity index is 1.83. The summed E-state index contributed by atoms with van der Waals surface area (Å²) in [7, 11) is 0. The highest BCUT2D eigenvalue weighted by Gasteiger charge is 2.40. The van der Waals surface area contributed by atoms with E-state index < -0.39 is 0 Å². The van der Waals surface area contributed by atoms with Gasteiger partial charge in [0, 0.05) is 12.5 Å². The van der Waals surface area contributed by atoms with Crippen molar-refractivity contribution < 1.29 is 4.79 Å². The molecule has 118 valence electrons. The number of amides is 1. The van der Waals surface area contributed by atoms with Crippen molar-refractivity contribution in [2.45, 2.75) is 43.7 Å². The van der Waals surface area contributed by atoms with Crippen LogP contribution in [0.4, 0.5) is 0 Å². The molecule has 1 aliphatic carbocycles. The molecular weight excluding hydrogens is 284 g/mol. The molecule has 3 unspecified atom stereocenters. The molecule has 0 aromatic heterocycles. The van der Waals surface area contributed by atoms with E-state index in [1.54, 1.807) is 0 Å². The molecule has 0 saturated carbocycles. The van der Waals surface area contributed by atoms with Gasteiger partial charge in [-0.3, -0.25) is 4.79 Å². The van der Waals surface area contributed by atoms with Gasteiger partial charge in [0.05, 0.1) is 6.04 Å². The van der Waals surface area contributed by atoms with E-state index in [-0.39, 0.29) is 17.9 Å². The molecule has 1 aliphatic heterocycles. The van der Waals surface area contributed by atoms with Gasteiger partial charge in [0.2, 0.25) is 5.91 Å². The third-order valence-electron chi connectivity index (χ3n) is 5.44. The second-order valence-corrected chi connectivity index (χ2v) is 6.68. The van der Waals surface area contributed by atoms with Crippen LogP contribution in [0.3, 0.4) is 0 Å². The third kappa shape index (κ3) is 2.45. The number of fused-ring (bicyclic) bond motifs is 2. The highest BCUT2D eigenvalue weighted by molar-refractivity contribution is 5.82. The van der Waals surface area contributed by atoms with Crippen LogP contribution in [0.2, 0.25) is 0 Å². The zero-order chi connectivity index (χ0) is 15.8. The zero-order valence-electron chi connectivity index (χ0n) is 13.2. The van der Waals surface area contributed by atoms with Crippen molar-refractivity contribution in [2.75, 3.05) is 0 Å². The molecule has 3 N–H and O–H groups in total. The summed E-state index contributed by atoms with van der Waals surface area (Å²) in [5, 5.41) is 3.38. The summed E-state index contributed by atoms with van der Waals surface area (Å²) in [6.07, 6.45) is 3.42. The van der Waals surface area contributed by atoms with Crippen molar-refractivity contribution in [2.24, 2.45) is 5.73 Å². The Morgan fingerprint density at radius 2 is 1.70 bits per heavy atom. The van der Waals surface area contributed by atoms with Gasteiger partial charge in [-0.2, -0.15) is 0 Å². The topological polar surface area (TPSA) is 55.1 Å². The number of carbonyl (C=O) groups excluding carboxylic acids is 1. The van der Waals surface area contributed by atoms with Crippen LogP contribution in [0.25, 0.3) is 0 Å². The summed E-state index contributed by atoms with van der Waals surface area (Å²) in [6.45, 7) is 0.717. The van der Waals surface area contributed by atoms with Gasteiger partial charge in [-0.25, -0.2) is 0 Å². The van der Waals surface area contributed by atoms with Crippen LogP contribution in [-0.4, -0.2) is 11.9 Å². The molecule has 3 heteroatoms. The molecule has 1 heterocycles. The Bertz CT molecular complexity index is 740. The molecule has 0 spiro atoms. The fourth-order valence-corrected chi connectivity index (χ4v) is 4.44. The van der Waals surface area contributed by atoms with Gasteiger partial charge in [-0.05, 0) is 47.4 Å². The van der Waals surface area contributed by atoms with Gasteiger partial charge >= 0.3 is 0 Å². The van der Waals surface area contributed by atoms with Crippen LogP contribution in [0.5, 0.6) is 0 Å². The van der Waals surface area contributed by atoms with Crippen LogP contribution in [0.15, 0.2) is 48.5 Å². The quantitative estimate of drug-likeness (QED) is 0.896. The molecule has 0 fully saturated rings. The first-order valence-electron chi connectivity index (χ1n) is 8.44. The molecule has 1 amide bonds. The first-order chi connectivity index (χ1) is 11.3. The highest BCUT2D eigenvalue weighted by atomic mass is 16.1. The van der Waals surface area contributed by atoms with E-state index in [1.165, 1.54) is 28.7 Å². The molecule has 0 radical (unpaired) electrons. The molecule has 2 aromatic carbocycles. The number of hydrogen-bond donors (Lipinski definition) is 2. The Kier molecular flexibility index (Phi) is 3.66. The van der Waals surface area contributed by atoms with Gasteiger partial charge in [0.15, 0.2) is 0 Å². The third-order valence-corrected chi connectivity index (χ3v) is 5.44. The molecule has 2 aromatic rings. The van der Waals surface area contributed by atoms with E-state index in [9.17, 15) is 4.79 Å². The maximum atomic E-state index is 12.1. The lowest BCUT2D eigenvalue weighted by atomic mass is 9.68. The second kappa shape index (κ2) is 5.82. The fraction of sp³-hybridized carbons (Fsp3) is 0.350. The smallest absolute Gasteiger partial charge is 0.235 e. The number of primary amides is 1. The zero-order valence-corrected chi connectivity index (χ0v) is 13.2. The Labute approximate surface area is 136 Å². The molecule has 0 saturated heterocycles. The Morgan fingerprint density at radius 3 is 2.48 bits per heavy atom. The Hall–Kier alpha value is -2.13. The predicted octanol–water partition coefficient (Wildman–Crippen LogP) is 2.85. The lowest BCUT2D eigenvalue weighted by Crippen LogP contribution is -2.50. The van der Waals surface area contributed by atoms with Crippen molar-refractivity contribution in [1.82, 2.24) is 5.32 Å². The fourth-order valence-electron chi connectivity index (χ4n) is 4.44. The van der Waals surface area contributed by atoms with Crippen molar-refractivity contribution in [3.05, 3.63) is 70.8 Å². The normalized spacial score (nSPS) is 26.2. The van der Waals surface area contributed by atoms with Crippen molar-refractivity contribution in [1.29, 1.82) is 0 Å². The predicted molar refractivity (Wildman–Crippen MR) is 91.1 cm³/mol. The summed E-state index contributed by atoms with van der Waals surface area (Å²) in [5.74, 6) is 0.234. The van der Waals surface area contributed by atoms with E-state index in [2.05, 4.69) is 53.8 Å². The monoisotopic (exact) mass is 306 g/mol. The molecule has 3 nitrogen and oxygen atoms in total. The van der Waals surface area contributed by atoms with Crippen molar-refractivity contribution >= 4 is 5.91 Å². The molecule has 0 bridgehead atoms.